The Morgan fingerprint density at radius 2 is 1.74 bits per heavy atom. The van der Waals surface area contributed by atoms with Crippen LogP contribution in [-0.2, 0) is 0 Å². The van der Waals surface area contributed by atoms with Crippen molar-refractivity contribution in [2.75, 3.05) is 35.6 Å². The summed E-state index contributed by atoms with van der Waals surface area (Å²) in [6.45, 7) is 2.40. The molecule has 0 aromatic heterocycles. The molecule has 0 fully saturated rings. The molecule has 0 aliphatic carbocycles. The highest BCUT2D eigenvalue weighted by atomic mass is 16.1. The first-order valence-electron chi connectivity index (χ1n) is 8.85. The molecule has 2 aliphatic heterocycles. The van der Waals surface area contributed by atoms with Gasteiger partial charge in [-0.05, 0) is 48.5 Å². The van der Waals surface area contributed by atoms with Gasteiger partial charge in [0.1, 0.15) is 0 Å². The van der Waals surface area contributed by atoms with Crippen LogP contribution in [0.3, 0.4) is 0 Å². The SMILES string of the molecule is O=C(Nc1ccc(NC2=NCCN2)cc1)c1ccc(NC2N=CCN2)cc1. The highest BCUT2D eigenvalue weighted by Gasteiger charge is 2.10. The van der Waals surface area contributed by atoms with Gasteiger partial charge in [0.2, 0.25) is 0 Å². The molecular formula is C19H21N7O. The third kappa shape index (κ3) is 4.42. The predicted molar refractivity (Wildman–Crippen MR) is 109 cm³/mol. The van der Waals surface area contributed by atoms with Gasteiger partial charge in [-0.1, -0.05) is 0 Å². The minimum Gasteiger partial charge on any atom is -0.354 e. The lowest BCUT2D eigenvalue weighted by atomic mass is 10.2. The van der Waals surface area contributed by atoms with E-state index in [4.69, 9.17) is 0 Å². The topological polar surface area (TPSA) is 102 Å². The Labute approximate surface area is 157 Å². The molecular weight excluding hydrogens is 342 g/mol. The van der Waals surface area contributed by atoms with Crippen molar-refractivity contribution in [1.82, 2.24) is 10.6 Å². The van der Waals surface area contributed by atoms with Crippen LogP contribution in [-0.4, -0.2) is 44.0 Å². The van der Waals surface area contributed by atoms with E-state index < -0.39 is 0 Å². The van der Waals surface area contributed by atoms with Gasteiger partial charge in [0.05, 0.1) is 6.54 Å². The Morgan fingerprint density at radius 3 is 2.41 bits per heavy atom. The van der Waals surface area contributed by atoms with E-state index in [0.29, 0.717) is 5.56 Å². The van der Waals surface area contributed by atoms with Gasteiger partial charge in [0.15, 0.2) is 12.2 Å². The molecule has 0 bridgehead atoms. The molecule has 2 heterocycles. The molecule has 0 saturated carbocycles. The van der Waals surface area contributed by atoms with Gasteiger partial charge in [-0.15, -0.1) is 0 Å². The summed E-state index contributed by atoms with van der Waals surface area (Å²) in [6, 6.07) is 14.8. The fraction of sp³-hybridized carbons (Fsp3) is 0.211. The molecule has 2 aromatic rings. The lowest BCUT2D eigenvalue weighted by Crippen LogP contribution is -2.30. The van der Waals surface area contributed by atoms with Gasteiger partial charge in [0.25, 0.3) is 5.91 Å². The number of guanidine groups is 1. The lowest BCUT2D eigenvalue weighted by molar-refractivity contribution is 0.102. The predicted octanol–water partition coefficient (Wildman–Crippen LogP) is 1.68. The van der Waals surface area contributed by atoms with Crippen molar-refractivity contribution in [3.63, 3.8) is 0 Å². The summed E-state index contributed by atoms with van der Waals surface area (Å²) in [4.78, 5) is 21.0. The van der Waals surface area contributed by atoms with E-state index in [1.807, 2.05) is 42.6 Å². The van der Waals surface area contributed by atoms with Gasteiger partial charge in [0, 0.05) is 41.9 Å². The molecule has 0 radical (unpaired) electrons. The number of nitrogens with zero attached hydrogens (tertiary/aromatic N) is 2. The van der Waals surface area contributed by atoms with E-state index in [2.05, 4.69) is 36.6 Å². The van der Waals surface area contributed by atoms with Crippen LogP contribution in [0.25, 0.3) is 0 Å². The van der Waals surface area contributed by atoms with Crippen molar-refractivity contribution >= 4 is 35.1 Å². The average molecular weight is 363 g/mol. The molecule has 4 rings (SSSR count). The van der Waals surface area contributed by atoms with Gasteiger partial charge in [-0.2, -0.15) is 0 Å². The highest BCUT2D eigenvalue weighted by Crippen LogP contribution is 2.16. The van der Waals surface area contributed by atoms with E-state index in [1.54, 1.807) is 12.1 Å². The number of hydrogen-bond acceptors (Lipinski definition) is 7. The Bertz CT molecular complexity index is 859. The molecule has 2 aliphatic rings. The van der Waals surface area contributed by atoms with Crippen LogP contribution < -0.4 is 26.6 Å². The van der Waals surface area contributed by atoms with E-state index in [1.165, 1.54) is 0 Å². The van der Waals surface area contributed by atoms with Crippen molar-refractivity contribution in [2.24, 2.45) is 9.98 Å². The smallest absolute Gasteiger partial charge is 0.255 e. The summed E-state index contributed by atoms with van der Waals surface area (Å²) < 4.78 is 0. The standard InChI is InChI=1S/C19H21N7O/c27-17(13-1-3-15(4-2-13)25-18-20-9-10-21-18)24-14-5-7-16(8-6-14)26-19-22-11-12-23-19/h1-9,18,21,25H,10-12H2,(H,24,27)(H2,22,23,26). The van der Waals surface area contributed by atoms with E-state index in [0.717, 1.165) is 42.7 Å². The summed E-state index contributed by atoms with van der Waals surface area (Å²) in [5.74, 6) is 0.625. The largest absolute Gasteiger partial charge is 0.354 e. The maximum atomic E-state index is 12.4. The molecule has 5 N–H and O–H groups in total. The Hall–Kier alpha value is -3.39. The quantitative estimate of drug-likeness (QED) is 0.556. The zero-order valence-electron chi connectivity index (χ0n) is 14.7. The van der Waals surface area contributed by atoms with Crippen molar-refractivity contribution in [1.29, 1.82) is 0 Å². The fourth-order valence-corrected chi connectivity index (χ4v) is 2.80. The average Bonchev–Trinajstić information content (AvgIpc) is 3.38. The van der Waals surface area contributed by atoms with Crippen LogP contribution in [0.2, 0.25) is 0 Å². The van der Waals surface area contributed by atoms with Gasteiger partial charge in [-0.25, -0.2) is 0 Å². The van der Waals surface area contributed by atoms with Gasteiger partial charge < -0.3 is 21.3 Å². The Balaban J connectivity index is 1.33. The lowest BCUT2D eigenvalue weighted by Gasteiger charge is -2.12. The van der Waals surface area contributed by atoms with Gasteiger partial charge >= 0.3 is 0 Å². The number of benzene rings is 2. The first-order chi connectivity index (χ1) is 13.3. The molecule has 8 heteroatoms. The zero-order chi connectivity index (χ0) is 18.5. The molecule has 0 spiro atoms. The summed E-state index contributed by atoms with van der Waals surface area (Å²) in [5.41, 5.74) is 3.15. The molecule has 2 aromatic carbocycles. The molecule has 1 atom stereocenters. The number of hydrogen-bond donors (Lipinski definition) is 5. The first-order valence-corrected chi connectivity index (χ1v) is 8.85. The van der Waals surface area contributed by atoms with Crippen molar-refractivity contribution in [3.8, 4) is 0 Å². The van der Waals surface area contributed by atoms with E-state index in [-0.39, 0.29) is 12.2 Å². The molecule has 8 nitrogen and oxygen atoms in total. The molecule has 27 heavy (non-hydrogen) atoms. The molecule has 138 valence electrons. The van der Waals surface area contributed by atoms with E-state index in [9.17, 15) is 4.79 Å². The summed E-state index contributed by atoms with van der Waals surface area (Å²) in [6.07, 6.45) is 1.72. The summed E-state index contributed by atoms with van der Waals surface area (Å²) in [7, 11) is 0. The summed E-state index contributed by atoms with van der Waals surface area (Å²) >= 11 is 0. The minimum absolute atomic E-state index is 0.109. The fourth-order valence-electron chi connectivity index (χ4n) is 2.80. The van der Waals surface area contributed by atoms with E-state index >= 15 is 0 Å². The molecule has 1 unspecified atom stereocenters. The second-order valence-corrected chi connectivity index (χ2v) is 6.18. The maximum absolute atomic E-state index is 12.4. The number of rotatable bonds is 5. The van der Waals surface area contributed by atoms with Crippen LogP contribution in [0.15, 0.2) is 58.5 Å². The first kappa shape index (κ1) is 17.0. The minimum atomic E-state index is -0.152. The van der Waals surface area contributed by atoms with Gasteiger partial charge in [-0.3, -0.25) is 20.1 Å². The second-order valence-electron chi connectivity index (χ2n) is 6.18. The molecule has 1 amide bonds. The van der Waals surface area contributed by atoms with Crippen molar-refractivity contribution in [2.45, 2.75) is 6.29 Å². The Morgan fingerprint density at radius 1 is 1.00 bits per heavy atom. The summed E-state index contributed by atoms with van der Waals surface area (Å²) in [5, 5.41) is 15.7. The number of anilines is 3. The normalized spacial score (nSPS) is 17.9. The number of nitrogens with one attached hydrogen (secondary N) is 5. The second kappa shape index (κ2) is 7.88. The zero-order valence-corrected chi connectivity index (χ0v) is 14.7. The van der Waals surface area contributed by atoms with Crippen molar-refractivity contribution in [3.05, 3.63) is 54.1 Å². The highest BCUT2D eigenvalue weighted by molar-refractivity contribution is 6.04. The molecule has 0 saturated heterocycles. The van der Waals surface area contributed by atoms with Crippen LogP contribution in [0.4, 0.5) is 17.1 Å². The monoisotopic (exact) mass is 363 g/mol. The maximum Gasteiger partial charge on any atom is 0.255 e. The number of carbonyl (C=O) groups excluding carboxylic acids is 1. The van der Waals surface area contributed by atoms with Crippen LogP contribution in [0, 0.1) is 0 Å². The van der Waals surface area contributed by atoms with Crippen molar-refractivity contribution < 1.29 is 4.79 Å². The number of carbonyl (C=O) groups is 1. The Kier molecular flexibility index (Phi) is 4.97. The van der Waals surface area contributed by atoms with Crippen LogP contribution in [0.5, 0.6) is 0 Å². The number of amides is 1. The van der Waals surface area contributed by atoms with Crippen LogP contribution in [0.1, 0.15) is 10.4 Å². The number of aliphatic imine (C=N–C) groups is 2. The third-order valence-corrected chi connectivity index (χ3v) is 4.19. The third-order valence-electron chi connectivity index (χ3n) is 4.19. The van der Waals surface area contributed by atoms with Crippen LogP contribution >= 0.6 is 0 Å².